The number of ether oxygens (including phenoxy) is 1. The molecule has 130 valence electrons. The molecule has 2 atom stereocenters. The fourth-order valence-electron chi connectivity index (χ4n) is 2.83. The molecule has 0 spiro atoms. The number of aromatic nitrogens is 3. The fraction of sp³-hybridized carbons (Fsp3) is 0.800. The molecule has 1 aromatic heterocycles. The molecule has 0 radical (unpaired) electrons. The highest BCUT2D eigenvalue weighted by molar-refractivity contribution is 5.74. The summed E-state index contributed by atoms with van der Waals surface area (Å²) in [6.07, 6.45) is 2.59. The van der Waals surface area contributed by atoms with Gasteiger partial charge in [0.15, 0.2) is 5.82 Å². The van der Waals surface area contributed by atoms with Crippen LogP contribution >= 0.6 is 0 Å². The van der Waals surface area contributed by atoms with E-state index >= 15 is 0 Å². The van der Waals surface area contributed by atoms with Gasteiger partial charge in [0.25, 0.3) is 0 Å². The fourth-order valence-corrected chi connectivity index (χ4v) is 2.83. The zero-order valence-electron chi connectivity index (χ0n) is 14.5. The third-order valence-electron chi connectivity index (χ3n) is 4.65. The van der Waals surface area contributed by atoms with Crippen LogP contribution in [0, 0.1) is 0 Å². The molecule has 2 N–H and O–H groups in total. The Morgan fingerprint density at radius 1 is 1.48 bits per heavy atom. The van der Waals surface area contributed by atoms with Gasteiger partial charge in [-0.25, -0.2) is 4.79 Å². The number of morpholine rings is 1. The van der Waals surface area contributed by atoms with E-state index in [0.717, 1.165) is 38.5 Å². The Morgan fingerprint density at radius 3 is 2.74 bits per heavy atom. The van der Waals surface area contributed by atoms with Crippen molar-refractivity contribution in [3.05, 3.63) is 12.2 Å². The van der Waals surface area contributed by atoms with Crippen LogP contribution < -0.4 is 10.6 Å². The number of rotatable bonds is 6. The molecule has 0 aliphatic carbocycles. The van der Waals surface area contributed by atoms with Crippen molar-refractivity contribution in [3.63, 3.8) is 0 Å². The quantitative estimate of drug-likeness (QED) is 0.804. The first-order chi connectivity index (χ1) is 11.0. The number of nitrogens with one attached hydrogen (secondary N) is 2. The smallest absolute Gasteiger partial charge is 0.315 e. The summed E-state index contributed by atoms with van der Waals surface area (Å²) in [4.78, 5) is 14.6. The van der Waals surface area contributed by atoms with E-state index < -0.39 is 0 Å². The van der Waals surface area contributed by atoms with Crippen molar-refractivity contribution >= 4 is 6.03 Å². The molecular formula is C15H28N6O2. The van der Waals surface area contributed by atoms with Crippen LogP contribution in [0.25, 0.3) is 0 Å². The molecule has 1 fully saturated rings. The van der Waals surface area contributed by atoms with Crippen LogP contribution in [0.1, 0.15) is 39.1 Å². The number of aryl methyl sites for hydroxylation is 1. The highest BCUT2D eigenvalue weighted by Gasteiger charge is 2.31. The maximum atomic E-state index is 12.2. The second-order valence-corrected chi connectivity index (χ2v) is 6.30. The Labute approximate surface area is 137 Å². The zero-order chi connectivity index (χ0) is 16.9. The van der Waals surface area contributed by atoms with Crippen LogP contribution in [0.2, 0.25) is 0 Å². The summed E-state index contributed by atoms with van der Waals surface area (Å²) in [6.45, 7) is 10.1. The number of carbonyl (C=O) groups excluding carboxylic acids is 1. The molecule has 0 bridgehead atoms. The molecule has 8 heteroatoms. The number of hydrogen-bond donors (Lipinski definition) is 2. The predicted molar refractivity (Wildman–Crippen MR) is 87.0 cm³/mol. The van der Waals surface area contributed by atoms with E-state index in [1.54, 1.807) is 10.9 Å². The largest absolute Gasteiger partial charge is 0.379 e. The van der Waals surface area contributed by atoms with Crippen molar-refractivity contribution in [2.24, 2.45) is 7.05 Å². The van der Waals surface area contributed by atoms with Crippen molar-refractivity contribution in [3.8, 4) is 0 Å². The van der Waals surface area contributed by atoms with E-state index in [0.29, 0.717) is 6.54 Å². The Morgan fingerprint density at radius 2 is 2.17 bits per heavy atom. The van der Waals surface area contributed by atoms with Crippen LogP contribution in [0.3, 0.4) is 0 Å². The summed E-state index contributed by atoms with van der Waals surface area (Å²) in [5.41, 5.74) is -0.0604. The van der Waals surface area contributed by atoms with E-state index in [9.17, 15) is 4.79 Å². The molecule has 2 heterocycles. The number of hydrogen-bond acceptors (Lipinski definition) is 5. The lowest BCUT2D eigenvalue weighted by Crippen LogP contribution is -2.57. The predicted octanol–water partition coefficient (Wildman–Crippen LogP) is 0.676. The summed E-state index contributed by atoms with van der Waals surface area (Å²) < 4.78 is 7.21. The van der Waals surface area contributed by atoms with E-state index in [-0.39, 0.29) is 17.6 Å². The lowest BCUT2D eigenvalue weighted by atomic mass is 9.95. The van der Waals surface area contributed by atoms with E-state index in [1.165, 1.54) is 0 Å². The normalized spacial score (nSPS) is 19.8. The van der Waals surface area contributed by atoms with E-state index in [1.807, 2.05) is 14.0 Å². The van der Waals surface area contributed by atoms with Gasteiger partial charge in [0.1, 0.15) is 6.33 Å². The van der Waals surface area contributed by atoms with Crippen LogP contribution in [0.4, 0.5) is 4.79 Å². The van der Waals surface area contributed by atoms with Gasteiger partial charge in [0.05, 0.1) is 19.3 Å². The van der Waals surface area contributed by atoms with Crippen molar-refractivity contribution < 1.29 is 9.53 Å². The third kappa shape index (κ3) is 4.42. The minimum Gasteiger partial charge on any atom is -0.379 e. The van der Waals surface area contributed by atoms with Crippen molar-refractivity contribution in [1.29, 1.82) is 0 Å². The first-order valence-corrected chi connectivity index (χ1v) is 8.17. The molecule has 8 nitrogen and oxygen atoms in total. The number of nitrogens with zero attached hydrogens (tertiary/aromatic N) is 4. The average molecular weight is 324 g/mol. The van der Waals surface area contributed by atoms with Crippen LogP contribution in [0.15, 0.2) is 6.33 Å². The first kappa shape index (κ1) is 17.7. The average Bonchev–Trinajstić information content (AvgIpc) is 2.99. The van der Waals surface area contributed by atoms with Gasteiger partial charge in [-0.15, -0.1) is 10.2 Å². The Hall–Kier alpha value is -1.67. The summed E-state index contributed by atoms with van der Waals surface area (Å²) >= 11 is 0. The molecule has 1 saturated heterocycles. The number of carbonyl (C=O) groups is 1. The highest BCUT2D eigenvalue weighted by Crippen LogP contribution is 2.20. The van der Waals surface area contributed by atoms with Gasteiger partial charge in [-0.05, 0) is 20.3 Å². The molecule has 0 unspecified atom stereocenters. The SMILES string of the molecule is CC[C@@](C)(CNC(=O)N[C@H](C)c1nncn1C)N1CCOCC1. The van der Waals surface area contributed by atoms with Crippen molar-refractivity contribution in [2.75, 3.05) is 32.8 Å². The zero-order valence-corrected chi connectivity index (χ0v) is 14.5. The summed E-state index contributed by atoms with van der Waals surface area (Å²) in [7, 11) is 1.86. The van der Waals surface area contributed by atoms with Gasteiger partial charge in [-0.3, -0.25) is 4.90 Å². The first-order valence-electron chi connectivity index (χ1n) is 8.17. The van der Waals surface area contributed by atoms with Gasteiger partial charge >= 0.3 is 6.03 Å². The van der Waals surface area contributed by atoms with E-state index in [2.05, 4.69) is 39.6 Å². The molecule has 1 aromatic rings. The second kappa shape index (κ2) is 7.74. The lowest BCUT2D eigenvalue weighted by molar-refractivity contribution is -0.0165. The molecule has 0 aromatic carbocycles. The van der Waals surface area contributed by atoms with Gasteiger partial charge in [-0.1, -0.05) is 6.92 Å². The van der Waals surface area contributed by atoms with Crippen molar-refractivity contribution in [2.45, 2.75) is 38.8 Å². The van der Waals surface area contributed by atoms with Gasteiger partial charge in [-0.2, -0.15) is 0 Å². The maximum Gasteiger partial charge on any atom is 0.315 e. The molecule has 0 saturated carbocycles. The van der Waals surface area contributed by atoms with Crippen LogP contribution in [-0.2, 0) is 11.8 Å². The monoisotopic (exact) mass is 324 g/mol. The maximum absolute atomic E-state index is 12.2. The molecule has 2 rings (SSSR count). The summed E-state index contributed by atoms with van der Waals surface area (Å²) in [5.74, 6) is 0.728. The highest BCUT2D eigenvalue weighted by atomic mass is 16.5. The van der Waals surface area contributed by atoms with Gasteiger partial charge in [0, 0.05) is 32.2 Å². The Balaban J connectivity index is 1.85. The standard InChI is InChI=1S/C15H28N6O2/c1-5-15(3,21-6-8-23-9-7-21)10-16-14(22)18-12(2)13-19-17-11-20(13)4/h11-12H,5-10H2,1-4H3,(H2,16,18,22)/t12-,15+/m1/s1. The van der Waals surface area contributed by atoms with Crippen LogP contribution in [-0.4, -0.2) is 64.1 Å². The minimum atomic E-state index is -0.196. The summed E-state index contributed by atoms with van der Waals surface area (Å²) in [6, 6.07) is -0.382. The van der Waals surface area contributed by atoms with Gasteiger partial charge in [0.2, 0.25) is 0 Å². The number of amides is 2. The third-order valence-corrected chi connectivity index (χ3v) is 4.65. The molecule has 1 aliphatic heterocycles. The number of urea groups is 1. The topological polar surface area (TPSA) is 84.3 Å². The molecule has 2 amide bonds. The van der Waals surface area contributed by atoms with E-state index in [4.69, 9.17) is 4.74 Å². The molecule has 1 aliphatic rings. The Bertz CT molecular complexity index is 514. The molecule has 23 heavy (non-hydrogen) atoms. The molecular weight excluding hydrogens is 296 g/mol. The Kier molecular flexibility index (Phi) is 5.95. The van der Waals surface area contributed by atoms with Gasteiger partial charge < -0.3 is 19.9 Å². The van der Waals surface area contributed by atoms with Crippen LogP contribution in [0.5, 0.6) is 0 Å². The summed E-state index contributed by atoms with van der Waals surface area (Å²) in [5, 5.41) is 13.7. The van der Waals surface area contributed by atoms with Crippen molar-refractivity contribution in [1.82, 2.24) is 30.3 Å². The minimum absolute atomic E-state index is 0.0604. The lowest BCUT2D eigenvalue weighted by Gasteiger charge is -2.43. The second-order valence-electron chi connectivity index (χ2n) is 6.30.